The Labute approximate surface area is 184 Å². The summed E-state index contributed by atoms with van der Waals surface area (Å²) >= 11 is 0. The van der Waals surface area contributed by atoms with Crippen LogP contribution >= 0.6 is 0 Å². The summed E-state index contributed by atoms with van der Waals surface area (Å²) in [5.74, 6) is 0.429. The van der Waals surface area contributed by atoms with E-state index in [1.165, 1.54) is 0 Å². The van der Waals surface area contributed by atoms with E-state index in [9.17, 15) is 14.9 Å². The number of ether oxygens (including phenoxy) is 2. The van der Waals surface area contributed by atoms with Gasteiger partial charge in [-0.1, -0.05) is 20.8 Å². The second-order valence-corrected chi connectivity index (χ2v) is 9.30. The van der Waals surface area contributed by atoms with Crippen molar-refractivity contribution in [1.29, 1.82) is 5.26 Å². The second kappa shape index (κ2) is 9.69. The first-order valence-electron chi connectivity index (χ1n) is 11.1. The Bertz CT molecular complexity index is 855. The van der Waals surface area contributed by atoms with Gasteiger partial charge in [0.1, 0.15) is 18.4 Å². The highest BCUT2D eigenvalue weighted by Gasteiger charge is 2.37. The zero-order valence-electron chi connectivity index (χ0n) is 18.9. The van der Waals surface area contributed by atoms with Crippen LogP contribution in [0.5, 0.6) is 5.75 Å². The lowest BCUT2D eigenvalue weighted by atomic mass is 9.85. The predicted octanol–water partition coefficient (Wildman–Crippen LogP) is 3.17. The molecule has 2 heterocycles. The van der Waals surface area contributed by atoms with Crippen molar-refractivity contribution in [1.82, 2.24) is 10.2 Å². The molecule has 2 aliphatic heterocycles. The first-order valence-corrected chi connectivity index (χ1v) is 11.1. The van der Waals surface area contributed by atoms with E-state index in [4.69, 9.17) is 9.47 Å². The maximum atomic E-state index is 12.8. The molecule has 3 rings (SSSR count). The van der Waals surface area contributed by atoms with Crippen LogP contribution in [0.3, 0.4) is 0 Å². The maximum Gasteiger partial charge on any atom is 0.338 e. The van der Waals surface area contributed by atoms with Crippen molar-refractivity contribution in [2.75, 3.05) is 19.8 Å². The zero-order chi connectivity index (χ0) is 22.6. The molecule has 168 valence electrons. The van der Waals surface area contributed by atoms with Gasteiger partial charge in [-0.2, -0.15) is 5.26 Å². The van der Waals surface area contributed by atoms with E-state index < -0.39 is 0 Å². The van der Waals surface area contributed by atoms with Crippen molar-refractivity contribution >= 4 is 11.9 Å². The number of hydrogen-bond acceptors (Lipinski definition) is 6. The van der Waals surface area contributed by atoms with Crippen LogP contribution in [0.15, 0.2) is 18.2 Å². The Morgan fingerprint density at radius 1 is 1.26 bits per heavy atom. The molecule has 2 fully saturated rings. The molecule has 0 saturated carbocycles. The number of nitrogens with one attached hydrogen (secondary N) is 1. The summed E-state index contributed by atoms with van der Waals surface area (Å²) in [5, 5.41) is 12.6. The minimum Gasteiger partial charge on any atom is -0.492 e. The second-order valence-electron chi connectivity index (χ2n) is 9.30. The largest absolute Gasteiger partial charge is 0.492 e. The van der Waals surface area contributed by atoms with E-state index in [1.807, 2.05) is 12.1 Å². The zero-order valence-corrected chi connectivity index (χ0v) is 18.9. The van der Waals surface area contributed by atoms with E-state index in [0.29, 0.717) is 25.3 Å². The van der Waals surface area contributed by atoms with Crippen LogP contribution in [0.4, 0.5) is 0 Å². The Hall–Kier alpha value is -2.59. The number of amides is 1. The summed E-state index contributed by atoms with van der Waals surface area (Å²) in [6, 6.07) is 7.15. The summed E-state index contributed by atoms with van der Waals surface area (Å²) < 4.78 is 11.3. The van der Waals surface area contributed by atoms with Gasteiger partial charge in [-0.15, -0.1) is 0 Å². The molecule has 0 bridgehead atoms. The van der Waals surface area contributed by atoms with Crippen LogP contribution in [0, 0.1) is 11.3 Å². The molecule has 31 heavy (non-hydrogen) atoms. The van der Waals surface area contributed by atoms with Gasteiger partial charge in [0.25, 0.3) is 0 Å². The summed E-state index contributed by atoms with van der Waals surface area (Å²) in [4.78, 5) is 26.6. The molecule has 0 aromatic heterocycles. The van der Waals surface area contributed by atoms with Gasteiger partial charge >= 0.3 is 5.97 Å². The molecule has 0 aliphatic carbocycles. The number of carbonyl (C=O) groups is 2. The Kier molecular flexibility index (Phi) is 7.22. The third kappa shape index (κ3) is 5.37. The van der Waals surface area contributed by atoms with Crippen molar-refractivity contribution in [3.63, 3.8) is 0 Å². The van der Waals surface area contributed by atoms with Crippen molar-refractivity contribution in [2.24, 2.45) is 0 Å². The van der Waals surface area contributed by atoms with Crippen molar-refractivity contribution in [3.8, 4) is 11.8 Å². The maximum absolute atomic E-state index is 12.8. The molecular formula is C24H33N3O4. The van der Waals surface area contributed by atoms with Gasteiger partial charge in [-0.25, -0.2) is 4.79 Å². The van der Waals surface area contributed by atoms with Crippen LogP contribution in [-0.4, -0.2) is 54.7 Å². The smallest absolute Gasteiger partial charge is 0.338 e. The average Bonchev–Trinajstić information content (AvgIpc) is 3.40. The minimum atomic E-state index is -0.337. The molecule has 1 amide bonds. The topological polar surface area (TPSA) is 91.7 Å². The van der Waals surface area contributed by atoms with Crippen molar-refractivity contribution in [2.45, 2.75) is 76.9 Å². The number of carbonyl (C=O) groups excluding carboxylic acids is 2. The summed E-state index contributed by atoms with van der Waals surface area (Å²) in [6.07, 6.45) is 3.24. The lowest BCUT2D eigenvalue weighted by Gasteiger charge is -2.25. The summed E-state index contributed by atoms with van der Waals surface area (Å²) in [6.45, 7) is 9.46. The monoisotopic (exact) mass is 427 g/mol. The average molecular weight is 428 g/mol. The molecule has 2 saturated heterocycles. The molecule has 2 aliphatic rings. The highest BCUT2D eigenvalue weighted by atomic mass is 16.5. The highest BCUT2D eigenvalue weighted by molar-refractivity contribution is 5.90. The van der Waals surface area contributed by atoms with Crippen LogP contribution in [0.2, 0.25) is 0 Å². The molecule has 0 radical (unpaired) electrons. The van der Waals surface area contributed by atoms with Crippen LogP contribution < -0.4 is 10.1 Å². The fourth-order valence-electron chi connectivity index (χ4n) is 4.28. The van der Waals surface area contributed by atoms with Gasteiger partial charge in [0, 0.05) is 18.2 Å². The predicted molar refractivity (Wildman–Crippen MR) is 117 cm³/mol. The summed E-state index contributed by atoms with van der Waals surface area (Å²) in [5.41, 5.74) is 1.25. The quantitative estimate of drug-likeness (QED) is 0.701. The van der Waals surface area contributed by atoms with Crippen LogP contribution in [0.25, 0.3) is 0 Å². The number of rotatable bonds is 6. The third-order valence-electron chi connectivity index (χ3n) is 5.96. The number of nitrogens with zero attached hydrogens (tertiary/aromatic N) is 2. The molecule has 0 unspecified atom stereocenters. The molecule has 0 spiro atoms. The van der Waals surface area contributed by atoms with Crippen molar-refractivity contribution < 1.29 is 19.1 Å². The lowest BCUT2D eigenvalue weighted by Crippen LogP contribution is -2.47. The Morgan fingerprint density at radius 2 is 2.03 bits per heavy atom. The van der Waals surface area contributed by atoms with Crippen molar-refractivity contribution in [3.05, 3.63) is 29.3 Å². The molecule has 7 nitrogen and oxygen atoms in total. The fraction of sp³-hybridized carbons (Fsp3) is 0.625. The molecule has 1 aromatic carbocycles. The molecule has 1 N–H and O–H groups in total. The molecule has 3 atom stereocenters. The highest BCUT2D eigenvalue weighted by Crippen LogP contribution is 2.33. The first-order chi connectivity index (χ1) is 14.7. The number of nitriles is 1. The van der Waals surface area contributed by atoms with Gasteiger partial charge in [-0.05, 0) is 56.2 Å². The van der Waals surface area contributed by atoms with E-state index in [-0.39, 0.29) is 35.4 Å². The number of likely N-dealkylation sites (tertiary alicyclic amines) is 1. The number of hydrogen-bond donors (Lipinski definition) is 1. The standard InChI is InChI=1S/C24H33N3O4/c1-5-30-23(29)16-8-11-21(19(13-16)24(2,3)4)31-15-17-9-10-20(26-17)22(28)27-12-6-7-18(27)14-25/h8,11,13,17-18,20,26H,5-7,9-10,12,15H2,1-4H3/t17-,18+,20+/m1/s1. The molecular weight excluding hydrogens is 394 g/mol. The van der Waals surface area contributed by atoms with Gasteiger partial charge in [-0.3, -0.25) is 10.1 Å². The summed E-state index contributed by atoms with van der Waals surface area (Å²) in [7, 11) is 0. The van der Waals surface area contributed by atoms with Crippen LogP contribution in [-0.2, 0) is 14.9 Å². The Morgan fingerprint density at radius 3 is 2.71 bits per heavy atom. The number of benzene rings is 1. The SMILES string of the molecule is CCOC(=O)c1ccc(OC[C@H]2CC[C@@H](C(=O)N3CCC[C@H]3C#N)N2)c(C(C)(C)C)c1. The van der Waals surface area contributed by atoms with E-state index in [2.05, 4.69) is 32.2 Å². The fourth-order valence-corrected chi connectivity index (χ4v) is 4.28. The molecule has 7 heteroatoms. The van der Waals surface area contributed by atoms with Gasteiger partial charge in [0.15, 0.2) is 0 Å². The first kappa shape index (κ1) is 23.1. The van der Waals surface area contributed by atoms with Gasteiger partial charge in [0.2, 0.25) is 5.91 Å². The normalized spacial score (nSPS) is 23.5. The number of esters is 1. The minimum absolute atomic E-state index is 0.0284. The van der Waals surface area contributed by atoms with E-state index in [0.717, 1.165) is 37.0 Å². The van der Waals surface area contributed by atoms with Crippen LogP contribution in [0.1, 0.15) is 69.3 Å². The third-order valence-corrected chi connectivity index (χ3v) is 5.96. The Balaban J connectivity index is 1.63. The van der Waals surface area contributed by atoms with Gasteiger partial charge in [0.05, 0.1) is 24.3 Å². The van der Waals surface area contributed by atoms with Gasteiger partial charge < -0.3 is 14.4 Å². The van der Waals surface area contributed by atoms with E-state index in [1.54, 1.807) is 17.9 Å². The lowest BCUT2D eigenvalue weighted by molar-refractivity contribution is -0.133. The molecule has 1 aromatic rings. The van der Waals surface area contributed by atoms with E-state index >= 15 is 0 Å².